The molecule has 98 valence electrons. The van der Waals surface area contributed by atoms with E-state index in [-0.39, 0.29) is 16.0 Å². The first-order chi connectivity index (χ1) is 8.97. The first-order valence-corrected chi connectivity index (χ1v) is 6.58. The van der Waals surface area contributed by atoms with E-state index in [4.69, 9.17) is 0 Å². The number of aromatic nitrogens is 1. The van der Waals surface area contributed by atoms with E-state index in [9.17, 15) is 14.5 Å². The summed E-state index contributed by atoms with van der Waals surface area (Å²) in [6, 6.07) is 5.53. The molecular weight excluding hydrogens is 385 g/mol. The first-order valence-electron chi connectivity index (χ1n) is 4.99. The number of hydrogen-bond acceptors (Lipinski definition) is 4. The molecule has 1 aromatic heterocycles. The highest BCUT2D eigenvalue weighted by atomic mass is 79.9. The number of nitrogens with one attached hydrogen (secondary N) is 1. The van der Waals surface area contributed by atoms with Gasteiger partial charge in [-0.2, -0.15) is 0 Å². The summed E-state index contributed by atoms with van der Waals surface area (Å²) in [5.74, 6) is -0.324. The van der Waals surface area contributed by atoms with Crippen LogP contribution >= 0.6 is 31.9 Å². The van der Waals surface area contributed by atoms with Crippen LogP contribution in [-0.4, -0.2) is 9.91 Å². The minimum atomic E-state index is -0.543. The highest BCUT2D eigenvalue weighted by Gasteiger charge is 2.16. The molecule has 19 heavy (non-hydrogen) atoms. The predicted molar refractivity (Wildman–Crippen MR) is 76.0 cm³/mol. The number of nitrogens with zero attached hydrogens (tertiary/aromatic N) is 2. The minimum Gasteiger partial charge on any atom is -0.334 e. The van der Waals surface area contributed by atoms with Gasteiger partial charge in [0, 0.05) is 22.4 Å². The number of nitro groups is 1. The van der Waals surface area contributed by atoms with Crippen molar-refractivity contribution in [3.63, 3.8) is 0 Å². The van der Waals surface area contributed by atoms with Gasteiger partial charge in [-0.05, 0) is 50.1 Å². The van der Waals surface area contributed by atoms with Crippen molar-refractivity contribution >= 4 is 49.1 Å². The Morgan fingerprint density at radius 1 is 1.32 bits per heavy atom. The maximum absolute atomic E-state index is 13.1. The van der Waals surface area contributed by atoms with Gasteiger partial charge >= 0.3 is 5.69 Å². The van der Waals surface area contributed by atoms with Crippen molar-refractivity contribution < 1.29 is 9.31 Å². The number of halogens is 3. The van der Waals surface area contributed by atoms with Gasteiger partial charge in [-0.25, -0.2) is 9.37 Å². The lowest BCUT2D eigenvalue weighted by atomic mass is 10.3. The summed E-state index contributed by atoms with van der Waals surface area (Å²) in [7, 11) is 0. The molecule has 0 saturated heterocycles. The van der Waals surface area contributed by atoms with Crippen molar-refractivity contribution in [2.75, 3.05) is 5.32 Å². The van der Waals surface area contributed by atoms with E-state index < -0.39 is 10.7 Å². The van der Waals surface area contributed by atoms with Crippen LogP contribution in [0.25, 0.3) is 0 Å². The van der Waals surface area contributed by atoms with Crippen molar-refractivity contribution in [2.45, 2.75) is 0 Å². The van der Waals surface area contributed by atoms with E-state index in [1.165, 1.54) is 30.5 Å². The Bertz CT molecular complexity index is 652. The Hall–Kier alpha value is -1.54. The molecule has 0 bridgehead atoms. The van der Waals surface area contributed by atoms with E-state index in [1.54, 1.807) is 0 Å². The highest BCUT2D eigenvalue weighted by molar-refractivity contribution is 9.10. The molecule has 0 spiro atoms. The molecule has 0 radical (unpaired) electrons. The molecule has 1 heterocycles. The second kappa shape index (κ2) is 5.62. The molecule has 8 heteroatoms. The van der Waals surface area contributed by atoms with Crippen molar-refractivity contribution in [3.05, 3.63) is 55.3 Å². The molecular formula is C11H6Br2FN3O2. The Morgan fingerprint density at radius 3 is 2.68 bits per heavy atom. The van der Waals surface area contributed by atoms with Gasteiger partial charge in [-0.1, -0.05) is 0 Å². The number of hydrogen-bond donors (Lipinski definition) is 1. The van der Waals surface area contributed by atoms with E-state index in [0.29, 0.717) is 10.2 Å². The zero-order valence-corrected chi connectivity index (χ0v) is 12.4. The first kappa shape index (κ1) is 13.9. The molecule has 5 nitrogen and oxygen atoms in total. The molecule has 2 rings (SSSR count). The Balaban J connectivity index is 2.37. The Labute approximate surface area is 124 Å². The quantitative estimate of drug-likeness (QED) is 0.623. The number of rotatable bonds is 3. The van der Waals surface area contributed by atoms with Crippen LogP contribution in [0.4, 0.5) is 21.6 Å². The van der Waals surface area contributed by atoms with Gasteiger partial charge < -0.3 is 5.32 Å². The van der Waals surface area contributed by atoms with Gasteiger partial charge in [0.25, 0.3) is 0 Å². The van der Waals surface area contributed by atoms with Gasteiger partial charge in [-0.15, -0.1) is 0 Å². The average molecular weight is 391 g/mol. The molecule has 0 atom stereocenters. The van der Waals surface area contributed by atoms with Crippen LogP contribution in [-0.2, 0) is 0 Å². The average Bonchev–Trinajstić information content (AvgIpc) is 2.36. The van der Waals surface area contributed by atoms with Crippen LogP contribution < -0.4 is 5.32 Å². The van der Waals surface area contributed by atoms with E-state index in [2.05, 4.69) is 42.2 Å². The third-order valence-corrected chi connectivity index (χ3v) is 3.25. The van der Waals surface area contributed by atoms with Crippen molar-refractivity contribution in [3.8, 4) is 0 Å². The summed E-state index contributed by atoms with van der Waals surface area (Å²) in [6.07, 6.45) is 1.44. The lowest BCUT2D eigenvalue weighted by Crippen LogP contribution is -1.99. The summed E-state index contributed by atoms with van der Waals surface area (Å²) < 4.78 is 13.9. The predicted octanol–water partition coefficient (Wildman–Crippen LogP) is 4.40. The maximum atomic E-state index is 13.1. The molecule has 0 aliphatic carbocycles. The monoisotopic (exact) mass is 389 g/mol. The molecule has 0 unspecified atom stereocenters. The standard InChI is InChI=1S/C11H6Br2FN3O2/c12-6-3-10(17(18)19)11(15-5-6)16-7-1-2-9(14)8(13)4-7/h1-5H,(H,15,16). The molecule has 2 aromatic rings. The van der Waals surface area contributed by atoms with Crippen LogP contribution in [0.15, 0.2) is 39.4 Å². The van der Waals surface area contributed by atoms with Crippen molar-refractivity contribution in [1.82, 2.24) is 4.98 Å². The zero-order chi connectivity index (χ0) is 14.0. The number of pyridine rings is 1. The lowest BCUT2D eigenvalue weighted by Gasteiger charge is -2.07. The molecule has 0 amide bonds. The second-order valence-electron chi connectivity index (χ2n) is 3.53. The molecule has 0 aliphatic rings. The van der Waals surface area contributed by atoms with E-state index in [0.717, 1.165) is 0 Å². The van der Waals surface area contributed by atoms with E-state index >= 15 is 0 Å². The van der Waals surface area contributed by atoms with Crippen LogP contribution in [0.5, 0.6) is 0 Å². The van der Waals surface area contributed by atoms with Gasteiger partial charge in [0.1, 0.15) is 5.82 Å². The summed E-state index contributed by atoms with van der Waals surface area (Å²) in [4.78, 5) is 14.3. The summed E-state index contributed by atoms with van der Waals surface area (Å²) in [5, 5.41) is 13.7. The minimum absolute atomic E-state index is 0.0895. The molecule has 1 N–H and O–H groups in total. The normalized spacial score (nSPS) is 10.3. The van der Waals surface area contributed by atoms with Gasteiger partial charge in [0.15, 0.2) is 0 Å². The zero-order valence-electron chi connectivity index (χ0n) is 9.23. The summed E-state index contributed by atoms with van der Waals surface area (Å²) in [6.45, 7) is 0. The number of benzene rings is 1. The Kier molecular flexibility index (Phi) is 4.11. The second-order valence-corrected chi connectivity index (χ2v) is 5.30. The van der Waals surface area contributed by atoms with Crippen molar-refractivity contribution in [2.24, 2.45) is 0 Å². The lowest BCUT2D eigenvalue weighted by molar-refractivity contribution is -0.384. The van der Waals surface area contributed by atoms with Crippen LogP contribution in [0.1, 0.15) is 0 Å². The van der Waals surface area contributed by atoms with Crippen LogP contribution in [0, 0.1) is 15.9 Å². The van der Waals surface area contributed by atoms with Crippen LogP contribution in [0.3, 0.4) is 0 Å². The third kappa shape index (κ3) is 3.27. The fraction of sp³-hybridized carbons (Fsp3) is 0. The smallest absolute Gasteiger partial charge is 0.312 e. The molecule has 0 aliphatic heterocycles. The summed E-state index contributed by atoms with van der Waals surface area (Å²) in [5.41, 5.74) is 0.320. The van der Waals surface area contributed by atoms with E-state index in [1.807, 2.05) is 0 Å². The summed E-state index contributed by atoms with van der Waals surface area (Å²) >= 11 is 6.16. The fourth-order valence-corrected chi connectivity index (χ4v) is 2.07. The number of anilines is 2. The van der Waals surface area contributed by atoms with Crippen molar-refractivity contribution in [1.29, 1.82) is 0 Å². The SMILES string of the molecule is O=[N+]([O-])c1cc(Br)cnc1Nc1ccc(F)c(Br)c1. The maximum Gasteiger partial charge on any atom is 0.312 e. The highest BCUT2D eigenvalue weighted by Crippen LogP contribution is 2.29. The van der Waals surface area contributed by atoms with Gasteiger partial charge in [0.05, 0.1) is 9.40 Å². The van der Waals surface area contributed by atoms with Crippen LogP contribution in [0.2, 0.25) is 0 Å². The topological polar surface area (TPSA) is 68.1 Å². The molecule has 1 aromatic carbocycles. The third-order valence-electron chi connectivity index (χ3n) is 2.21. The van der Waals surface area contributed by atoms with Gasteiger partial charge in [-0.3, -0.25) is 10.1 Å². The largest absolute Gasteiger partial charge is 0.334 e. The molecule has 0 fully saturated rings. The molecule has 0 saturated carbocycles. The Morgan fingerprint density at radius 2 is 2.05 bits per heavy atom. The fourth-order valence-electron chi connectivity index (χ4n) is 1.37. The van der Waals surface area contributed by atoms with Gasteiger partial charge in [0.2, 0.25) is 5.82 Å².